The number of hydrogen-bond donors (Lipinski definition) is 1. The number of halogens is 1. The van der Waals surface area contributed by atoms with Crippen molar-refractivity contribution in [2.24, 2.45) is 0 Å². The van der Waals surface area contributed by atoms with Crippen molar-refractivity contribution in [3.05, 3.63) is 31.7 Å². The number of nitrogens with two attached hydrogens (primary N) is 1. The Kier molecular flexibility index (Phi) is 3.07. The van der Waals surface area contributed by atoms with Crippen LogP contribution in [0.4, 0.5) is 11.6 Å². The topological polar surface area (TPSA) is 94.9 Å². The Morgan fingerprint density at radius 3 is 2.76 bits per heavy atom. The summed E-state index contributed by atoms with van der Waals surface area (Å²) >= 11 is 4.68. The quantitative estimate of drug-likeness (QED) is 0.679. The summed E-state index contributed by atoms with van der Waals surface area (Å²) in [4.78, 5) is 19.0. The standard InChI is InChI=1S/C9H7BrN4O2S/c1-4-7(14(15)16)6(13-9(11)12-4)8-5(10)2-3-17-8/h2-3H,1H3,(H2,11,12,13). The molecular formula is C9H7BrN4O2S. The molecule has 88 valence electrons. The van der Waals surface area contributed by atoms with Gasteiger partial charge in [-0.2, -0.15) is 0 Å². The molecule has 0 unspecified atom stereocenters. The summed E-state index contributed by atoms with van der Waals surface area (Å²) in [7, 11) is 0. The summed E-state index contributed by atoms with van der Waals surface area (Å²) < 4.78 is 0.753. The molecule has 0 aliphatic heterocycles. The molecule has 0 aliphatic carbocycles. The second kappa shape index (κ2) is 4.38. The van der Waals surface area contributed by atoms with Crippen LogP contribution in [0.25, 0.3) is 10.6 Å². The first-order valence-electron chi connectivity index (χ1n) is 4.52. The minimum absolute atomic E-state index is 0.0309. The van der Waals surface area contributed by atoms with Gasteiger partial charge in [-0.15, -0.1) is 11.3 Å². The number of nitrogens with zero attached hydrogens (tertiary/aromatic N) is 3. The van der Waals surface area contributed by atoms with Crippen molar-refractivity contribution in [3.63, 3.8) is 0 Å². The average molecular weight is 315 g/mol. The maximum atomic E-state index is 11.0. The van der Waals surface area contributed by atoms with Crippen molar-refractivity contribution >= 4 is 38.9 Å². The molecule has 0 spiro atoms. The van der Waals surface area contributed by atoms with Crippen LogP contribution < -0.4 is 5.73 Å². The molecule has 2 aromatic heterocycles. The van der Waals surface area contributed by atoms with Crippen molar-refractivity contribution in [3.8, 4) is 10.6 Å². The average Bonchev–Trinajstić information content (AvgIpc) is 2.62. The molecule has 0 fully saturated rings. The third-order valence-corrected chi connectivity index (χ3v) is 3.93. The van der Waals surface area contributed by atoms with E-state index in [2.05, 4.69) is 25.9 Å². The van der Waals surface area contributed by atoms with Crippen LogP contribution in [0, 0.1) is 17.0 Å². The molecular weight excluding hydrogens is 308 g/mol. The highest BCUT2D eigenvalue weighted by atomic mass is 79.9. The van der Waals surface area contributed by atoms with Crippen molar-refractivity contribution in [2.45, 2.75) is 6.92 Å². The number of rotatable bonds is 2. The normalized spacial score (nSPS) is 10.5. The van der Waals surface area contributed by atoms with Gasteiger partial charge in [-0.3, -0.25) is 10.1 Å². The fourth-order valence-electron chi connectivity index (χ4n) is 1.43. The molecule has 0 saturated heterocycles. The molecule has 2 N–H and O–H groups in total. The fourth-order valence-corrected chi connectivity index (χ4v) is 2.98. The fraction of sp³-hybridized carbons (Fsp3) is 0.111. The van der Waals surface area contributed by atoms with Gasteiger partial charge in [0.1, 0.15) is 5.69 Å². The molecule has 2 heterocycles. The molecule has 0 aliphatic rings. The van der Waals surface area contributed by atoms with Gasteiger partial charge in [-0.1, -0.05) is 0 Å². The first-order chi connectivity index (χ1) is 8.00. The summed E-state index contributed by atoms with van der Waals surface area (Å²) in [5, 5.41) is 12.9. The smallest absolute Gasteiger partial charge is 0.317 e. The van der Waals surface area contributed by atoms with Crippen LogP contribution >= 0.6 is 27.3 Å². The predicted octanol–water partition coefficient (Wildman–Crippen LogP) is 2.77. The van der Waals surface area contributed by atoms with E-state index in [0.717, 1.165) is 4.47 Å². The van der Waals surface area contributed by atoms with Crippen LogP contribution in [0.2, 0.25) is 0 Å². The number of nitro groups is 1. The SMILES string of the molecule is Cc1nc(N)nc(-c2sccc2Br)c1[N+](=O)[O-]. The highest BCUT2D eigenvalue weighted by molar-refractivity contribution is 9.10. The first-order valence-corrected chi connectivity index (χ1v) is 6.20. The molecule has 0 atom stereocenters. The lowest BCUT2D eigenvalue weighted by molar-refractivity contribution is -0.385. The third-order valence-electron chi connectivity index (χ3n) is 2.09. The van der Waals surface area contributed by atoms with Gasteiger partial charge in [-0.25, -0.2) is 9.97 Å². The predicted molar refractivity (Wildman–Crippen MR) is 68.8 cm³/mol. The van der Waals surface area contributed by atoms with E-state index in [-0.39, 0.29) is 23.0 Å². The van der Waals surface area contributed by atoms with E-state index in [1.807, 2.05) is 5.38 Å². The lowest BCUT2D eigenvalue weighted by Gasteiger charge is -2.04. The summed E-state index contributed by atoms with van der Waals surface area (Å²) in [5.41, 5.74) is 5.93. The second-order valence-electron chi connectivity index (χ2n) is 3.22. The Labute approximate surface area is 109 Å². The zero-order valence-electron chi connectivity index (χ0n) is 8.68. The van der Waals surface area contributed by atoms with Gasteiger partial charge in [0.05, 0.1) is 9.80 Å². The van der Waals surface area contributed by atoms with Gasteiger partial charge in [0.15, 0.2) is 5.69 Å². The van der Waals surface area contributed by atoms with E-state index < -0.39 is 4.92 Å². The number of aromatic nitrogens is 2. The molecule has 8 heteroatoms. The van der Waals surface area contributed by atoms with E-state index in [9.17, 15) is 10.1 Å². The number of nitrogen functional groups attached to an aromatic ring is 1. The number of thiophene rings is 1. The van der Waals surface area contributed by atoms with Crippen LogP contribution in [0.1, 0.15) is 5.69 Å². The van der Waals surface area contributed by atoms with E-state index >= 15 is 0 Å². The number of anilines is 1. The highest BCUT2D eigenvalue weighted by Gasteiger charge is 2.24. The number of hydrogen-bond acceptors (Lipinski definition) is 6. The molecule has 0 radical (unpaired) electrons. The molecule has 2 aromatic rings. The van der Waals surface area contributed by atoms with Crippen LogP contribution in [0.15, 0.2) is 15.9 Å². The monoisotopic (exact) mass is 314 g/mol. The summed E-state index contributed by atoms with van der Waals surface area (Å²) in [5.74, 6) is 0.0309. The summed E-state index contributed by atoms with van der Waals surface area (Å²) in [6, 6.07) is 1.80. The van der Waals surface area contributed by atoms with E-state index in [4.69, 9.17) is 5.73 Å². The number of aryl methyl sites for hydroxylation is 1. The molecule has 0 aromatic carbocycles. The first kappa shape index (κ1) is 11.9. The Balaban J connectivity index is 2.76. The molecule has 6 nitrogen and oxygen atoms in total. The van der Waals surface area contributed by atoms with Gasteiger partial charge >= 0.3 is 5.69 Å². The van der Waals surface area contributed by atoms with Crippen LogP contribution in [-0.2, 0) is 0 Å². The van der Waals surface area contributed by atoms with Crippen LogP contribution in [0.5, 0.6) is 0 Å². The lowest BCUT2D eigenvalue weighted by atomic mass is 10.2. The lowest BCUT2D eigenvalue weighted by Crippen LogP contribution is -2.04. The van der Waals surface area contributed by atoms with Crippen molar-refractivity contribution in [1.29, 1.82) is 0 Å². The minimum Gasteiger partial charge on any atom is -0.368 e. The van der Waals surface area contributed by atoms with Gasteiger partial charge in [0.2, 0.25) is 5.95 Å². The van der Waals surface area contributed by atoms with Gasteiger partial charge in [0, 0.05) is 4.47 Å². The molecule has 17 heavy (non-hydrogen) atoms. The highest BCUT2D eigenvalue weighted by Crippen LogP contribution is 2.38. The van der Waals surface area contributed by atoms with E-state index in [1.165, 1.54) is 11.3 Å². The molecule has 0 amide bonds. The Morgan fingerprint density at radius 2 is 2.24 bits per heavy atom. The second-order valence-corrected chi connectivity index (χ2v) is 4.99. The van der Waals surface area contributed by atoms with E-state index in [1.54, 1.807) is 13.0 Å². The zero-order chi connectivity index (χ0) is 12.6. The zero-order valence-corrected chi connectivity index (χ0v) is 11.1. The van der Waals surface area contributed by atoms with Gasteiger partial charge in [0.25, 0.3) is 0 Å². The van der Waals surface area contributed by atoms with Gasteiger partial charge in [-0.05, 0) is 34.3 Å². The van der Waals surface area contributed by atoms with E-state index in [0.29, 0.717) is 4.88 Å². The van der Waals surface area contributed by atoms with Crippen molar-refractivity contribution in [2.75, 3.05) is 5.73 Å². The molecule has 0 saturated carbocycles. The Morgan fingerprint density at radius 1 is 1.53 bits per heavy atom. The third kappa shape index (κ3) is 2.13. The van der Waals surface area contributed by atoms with Crippen LogP contribution in [0.3, 0.4) is 0 Å². The largest absolute Gasteiger partial charge is 0.368 e. The summed E-state index contributed by atoms with van der Waals surface area (Å²) in [6.45, 7) is 1.54. The van der Waals surface area contributed by atoms with Crippen molar-refractivity contribution in [1.82, 2.24) is 9.97 Å². The van der Waals surface area contributed by atoms with Crippen molar-refractivity contribution < 1.29 is 4.92 Å². The Hall–Kier alpha value is -1.54. The Bertz CT molecular complexity index is 599. The van der Waals surface area contributed by atoms with Crippen LogP contribution in [-0.4, -0.2) is 14.9 Å². The maximum absolute atomic E-state index is 11.0. The molecule has 0 bridgehead atoms. The maximum Gasteiger partial charge on any atom is 0.317 e. The minimum atomic E-state index is -0.490. The van der Waals surface area contributed by atoms with Gasteiger partial charge < -0.3 is 5.73 Å². The summed E-state index contributed by atoms with van der Waals surface area (Å²) in [6.07, 6.45) is 0. The molecule has 2 rings (SSSR count).